The van der Waals surface area contributed by atoms with E-state index in [2.05, 4.69) is 31.0 Å². The van der Waals surface area contributed by atoms with Gasteiger partial charge in [0.2, 0.25) is 0 Å². The average Bonchev–Trinajstić information content (AvgIpc) is 2.23. The third-order valence-corrected chi connectivity index (χ3v) is 2.81. The van der Waals surface area contributed by atoms with Crippen LogP contribution >= 0.6 is 0 Å². The minimum Gasteiger partial charge on any atom is -0.310 e. The predicted octanol–water partition coefficient (Wildman–Crippen LogP) is 1.86. The lowest BCUT2D eigenvalue weighted by Gasteiger charge is -2.21. The molecule has 1 heterocycles. The fourth-order valence-electron chi connectivity index (χ4n) is 2.06. The molecule has 1 N–H and O–H groups in total. The highest BCUT2D eigenvalue weighted by Crippen LogP contribution is 2.06. The molecule has 0 aliphatic carbocycles. The van der Waals surface area contributed by atoms with Gasteiger partial charge in [-0.3, -0.25) is 0 Å². The molecule has 1 saturated heterocycles. The van der Waals surface area contributed by atoms with Gasteiger partial charge in [0.25, 0.3) is 0 Å². The van der Waals surface area contributed by atoms with Crippen LogP contribution < -0.4 is 5.32 Å². The first-order valence-corrected chi connectivity index (χ1v) is 5.70. The summed E-state index contributed by atoms with van der Waals surface area (Å²) in [6.07, 6.45) is 3.96. The second-order valence-electron chi connectivity index (χ2n) is 4.41. The summed E-state index contributed by atoms with van der Waals surface area (Å²) in [7, 11) is 0. The van der Waals surface area contributed by atoms with E-state index >= 15 is 0 Å². The van der Waals surface area contributed by atoms with Gasteiger partial charge in [0, 0.05) is 18.6 Å². The Balaban J connectivity index is 2.30. The largest absolute Gasteiger partial charge is 0.310 e. The van der Waals surface area contributed by atoms with Crippen LogP contribution in [0.25, 0.3) is 0 Å². The molecule has 2 nitrogen and oxygen atoms in total. The highest BCUT2D eigenvalue weighted by Gasteiger charge is 2.17. The van der Waals surface area contributed by atoms with E-state index < -0.39 is 0 Å². The van der Waals surface area contributed by atoms with Crippen LogP contribution in [0.15, 0.2) is 0 Å². The zero-order valence-electron chi connectivity index (χ0n) is 9.34. The molecule has 0 bridgehead atoms. The summed E-state index contributed by atoms with van der Waals surface area (Å²) in [5.41, 5.74) is 0. The molecule has 1 aliphatic heterocycles. The van der Waals surface area contributed by atoms with E-state index in [0.717, 1.165) is 0 Å². The third kappa shape index (κ3) is 4.10. The summed E-state index contributed by atoms with van der Waals surface area (Å²) in [6, 6.07) is 1.36. The maximum Gasteiger partial charge on any atom is 0.0169 e. The van der Waals surface area contributed by atoms with Gasteiger partial charge in [0.15, 0.2) is 0 Å². The van der Waals surface area contributed by atoms with Crippen LogP contribution in [0.3, 0.4) is 0 Å². The van der Waals surface area contributed by atoms with Crippen LogP contribution in [0.4, 0.5) is 0 Å². The summed E-state index contributed by atoms with van der Waals surface area (Å²) < 4.78 is 0. The Morgan fingerprint density at radius 2 is 2.08 bits per heavy atom. The predicted molar refractivity (Wildman–Crippen MR) is 58.0 cm³/mol. The van der Waals surface area contributed by atoms with Crippen LogP contribution in [0.1, 0.15) is 40.0 Å². The first-order chi connectivity index (χ1) is 6.22. The first kappa shape index (κ1) is 11.0. The molecule has 1 aliphatic rings. The number of rotatable bonds is 3. The SMILES string of the molecule is CCCCN1CCC(C)NC(C)C1. The number of hydrogen-bond acceptors (Lipinski definition) is 2. The first-order valence-electron chi connectivity index (χ1n) is 5.70. The van der Waals surface area contributed by atoms with Gasteiger partial charge < -0.3 is 10.2 Å². The summed E-state index contributed by atoms with van der Waals surface area (Å²) in [4.78, 5) is 2.60. The molecule has 0 aromatic carbocycles. The Hall–Kier alpha value is -0.0800. The Kier molecular flexibility index (Phi) is 4.74. The molecule has 2 atom stereocenters. The molecule has 78 valence electrons. The normalized spacial score (nSPS) is 31.6. The topological polar surface area (TPSA) is 15.3 Å². The quantitative estimate of drug-likeness (QED) is 0.720. The maximum absolute atomic E-state index is 3.61. The van der Waals surface area contributed by atoms with Gasteiger partial charge >= 0.3 is 0 Å². The van der Waals surface area contributed by atoms with Crippen LogP contribution in [-0.2, 0) is 0 Å². The highest BCUT2D eigenvalue weighted by molar-refractivity contribution is 4.77. The number of nitrogens with zero attached hydrogens (tertiary/aromatic N) is 1. The zero-order valence-corrected chi connectivity index (χ0v) is 9.34. The molecule has 0 amide bonds. The second kappa shape index (κ2) is 5.61. The fourth-order valence-corrected chi connectivity index (χ4v) is 2.06. The van der Waals surface area contributed by atoms with Gasteiger partial charge in [-0.15, -0.1) is 0 Å². The van der Waals surface area contributed by atoms with Gasteiger partial charge in [0.05, 0.1) is 0 Å². The molecule has 2 heteroatoms. The third-order valence-electron chi connectivity index (χ3n) is 2.81. The number of hydrogen-bond donors (Lipinski definition) is 1. The Morgan fingerprint density at radius 1 is 1.31 bits per heavy atom. The monoisotopic (exact) mass is 184 g/mol. The van der Waals surface area contributed by atoms with E-state index in [-0.39, 0.29) is 0 Å². The van der Waals surface area contributed by atoms with E-state index in [1.54, 1.807) is 0 Å². The van der Waals surface area contributed by atoms with E-state index in [9.17, 15) is 0 Å². The fraction of sp³-hybridized carbons (Fsp3) is 1.00. The average molecular weight is 184 g/mol. The molecular formula is C11H24N2. The van der Waals surface area contributed by atoms with Crippen LogP contribution in [0.2, 0.25) is 0 Å². The standard InChI is InChI=1S/C11H24N2/c1-4-5-7-13-8-6-10(2)12-11(3)9-13/h10-12H,4-9H2,1-3H3. The summed E-state index contributed by atoms with van der Waals surface area (Å²) in [5.74, 6) is 0. The van der Waals surface area contributed by atoms with Crippen molar-refractivity contribution in [3.8, 4) is 0 Å². The minimum atomic E-state index is 0.661. The molecule has 0 aromatic heterocycles. The van der Waals surface area contributed by atoms with E-state index in [1.165, 1.54) is 38.9 Å². The van der Waals surface area contributed by atoms with Crippen LogP contribution in [0, 0.1) is 0 Å². The molecule has 1 rings (SSSR count). The van der Waals surface area contributed by atoms with Crippen molar-refractivity contribution in [1.29, 1.82) is 0 Å². The molecule has 2 unspecified atom stereocenters. The van der Waals surface area contributed by atoms with Crippen molar-refractivity contribution in [2.45, 2.75) is 52.1 Å². The lowest BCUT2D eigenvalue weighted by molar-refractivity contribution is 0.268. The molecule has 0 saturated carbocycles. The molecular weight excluding hydrogens is 160 g/mol. The van der Waals surface area contributed by atoms with Gasteiger partial charge in [-0.05, 0) is 39.8 Å². The summed E-state index contributed by atoms with van der Waals surface area (Å²) in [6.45, 7) is 10.6. The molecule has 1 fully saturated rings. The Bertz CT molecular complexity index is 136. The highest BCUT2D eigenvalue weighted by atomic mass is 15.2. The van der Waals surface area contributed by atoms with Crippen LogP contribution in [0.5, 0.6) is 0 Å². The maximum atomic E-state index is 3.61. The Morgan fingerprint density at radius 3 is 2.77 bits per heavy atom. The van der Waals surface area contributed by atoms with Crippen molar-refractivity contribution < 1.29 is 0 Å². The van der Waals surface area contributed by atoms with Crippen molar-refractivity contribution in [2.24, 2.45) is 0 Å². The van der Waals surface area contributed by atoms with E-state index in [0.29, 0.717) is 12.1 Å². The van der Waals surface area contributed by atoms with Gasteiger partial charge in [-0.25, -0.2) is 0 Å². The van der Waals surface area contributed by atoms with Gasteiger partial charge in [-0.1, -0.05) is 13.3 Å². The van der Waals surface area contributed by atoms with Crippen molar-refractivity contribution in [3.63, 3.8) is 0 Å². The van der Waals surface area contributed by atoms with E-state index in [4.69, 9.17) is 0 Å². The van der Waals surface area contributed by atoms with Crippen molar-refractivity contribution >= 4 is 0 Å². The summed E-state index contributed by atoms with van der Waals surface area (Å²) in [5, 5.41) is 3.61. The smallest absolute Gasteiger partial charge is 0.0169 e. The zero-order chi connectivity index (χ0) is 9.68. The lowest BCUT2D eigenvalue weighted by atomic mass is 10.2. The Labute approximate surface area is 82.7 Å². The van der Waals surface area contributed by atoms with Crippen molar-refractivity contribution in [1.82, 2.24) is 10.2 Å². The summed E-state index contributed by atoms with van der Waals surface area (Å²) >= 11 is 0. The molecule has 0 spiro atoms. The van der Waals surface area contributed by atoms with Gasteiger partial charge in [-0.2, -0.15) is 0 Å². The molecule has 0 radical (unpaired) electrons. The van der Waals surface area contributed by atoms with E-state index in [1.807, 2.05) is 0 Å². The molecule has 13 heavy (non-hydrogen) atoms. The number of nitrogens with one attached hydrogen (secondary N) is 1. The van der Waals surface area contributed by atoms with Crippen molar-refractivity contribution in [3.05, 3.63) is 0 Å². The molecule has 0 aromatic rings. The lowest BCUT2D eigenvalue weighted by Crippen LogP contribution is -2.38. The van der Waals surface area contributed by atoms with Crippen LogP contribution in [-0.4, -0.2) is 36.6 Å². The second-order valence-corrected chi connectivity index (χ2v) is 4.41. The number of unbranched alkanes of at least 4 members (excludes halogenated alkanes) is 1. The van der Waals surface area contributed by atoms with Gasteiger partial charge in [0.1, 0.15) is 0 Å². The minimum absolute atomic E-state index is 0.661. The van der Waals surface area contributed by atoms with Crippen molar-refractivity contribution in [2.75, 3.05) is 19.6 Å².